The van der Waals surface area contributed by atoms with Crippen LogP contribution >= 0.6 is 0 Å². The van der Waals surface area contributed by atoms with Crippen LogP contribution in [-0.4, -0.2) is 40.4 Å². The van der Waals surface area contributed by atoms with Gasteiger partial charge in [0.1, 0.15) is 0 Å². The van der Waals surface area contributed by atoms with Crippen LogP contribution in [0.3, 0.4) is 0 Å². The first kappa shape index (κ1) is 26.7. The Hall–Kier alpha value is -2.29. The molecule has 0 saturated heterocycles. The normalized spacial score (nSPS) is 17.2. The van der Waals surface area contributed by atoms with Gasteiger partial charge in [0, 0.05) is 33.0 Å². The summed E-state index contributed by atoms with van der Waals surface area (Å²) in [4.78, 5) is 15.9. The van der Waals surface area contributed by atoms with Gasteiger partial charge in [0.2, 0.25) is 11.6 Å². The molecule has 174 valence electrons. The van der Waals surface area contributed by atoms with Crippen LogP contribution in [0.15, 0.2) is 30.3 Å². The van der Waals surface area contributed by atoms with E-state index in [1.807, 2.05) is 37.3 Å². The van der Waals surface area contributed by atoms with Gasteiger partial charge in [-0.1, -0.05) is 51.1 Å². The van der Waals surface area contributed by atoms with Crippen molar-refractivity contribution in [2.45, 2.75) is 71.3 Å². The maximum absolute atomic E-state index is 14.1. The third kappa shape index (κ3) is 8.77. The van der Waals surface area contributed by atoms with Crippen LogP contribution < -0.4 is 0 Å². The molecule has 2 unspecified atom stereocenters. The lowest BCUT2D eigenvalue weighted by Crippen LogP contribution is -2.09. The molecule has 2 heterocycles. The van der Waals surface area contributed by atoms with E-state index in [0.717, 1.165) is 31.9 Å². The zero-order valence-electron chi connectivity index (χ0n) is 18.5. The Balaban J connectivity index is 0.000000365. The molecule has 0 bridgehead atoms. The van der Waals surface area contributed by atoms with E-state index in [4.69, 9.17) is 4.74 Å². The van der Waals surface area contributed by atoms with Crippen molar-refractivity contribution in [3.63, 3.8) is 0 Å². The predicted octanol–water partition coefficient (Wildman–Crippen LogP) is 6.27. The molecule has 3 rings (SSSR count). The molecule has 5 nitrogen and oxygen atoms in total. The predicted molar refractivity (Wildman–Crippen MR) is 111 cm³/mol. The van der Waals surface area contributed by atoms with Crippen LogP contribution in [0.2, 0.25) is 0 Å². The molecule has 0 N–H and O–H groups in total. The minimum Gasteiger partial charge on any atom is -0.385 e. The number of halogens is 4. The minimum atomic E-state index is -3.96. The lowest BCUT2D eigenvalue weighted by atomic mass is 10.0. The van der Waals surface area contributed by atoms with Gasteiger partial charge in [0.15, 0.2) is 12.0 Å². The summed E-state index contributed by atoms with van der Waals surface area (Å²) in [6.45, 7) is 5.98. The number of methoxy groups -OCH3 is 1. The van der Waals surface area contributed by atoms with Gasteiger partial charge in [-0.15, -0.1) is 5.10 Å². The molecular formula is C22H31F4N3O2. The fourth-order valence-corrected chi connectivity index (χ4v) is 2.79. The molecule has 2 aromatic rings. The highest BCUT2D eigenvalue weighted by atomic mass is 19.4. The van der Waals surface area contributed by atoms with E-state index in [-0.39, 0.29) is 23.5 Å². The largest absolute Gasteiger partial charge is 0.388 e. The molecule has 2 atom stereocenters. The number of alkyl halides is 4. The Kier molecular flexibility index (Phi) is 11.4. The number of carbonyl (C=O) groups is 1. The second-order valence-corrected chi connectivity index (χ2v) is 7.00. The van der Waals surface area contributed by atoms with Gasteiger partial charge in [0.25, 0.3) is 0 Å². The van der Waals surface area contributed by atoms with Crippen molar-refractivity contribution in [1.82, 2.24) is 14.8 Å². The van der Waals surface area contributed by atoms with Crippen molar-refractivity contribution in [3.8, 4) is 0 Å². The molecule has 1 aliphatic heterocycles. The average Bonchev–Trinajstić information content (AvgIpc) is 3.31. The first-order valence-electron chi connectivity index (χ1n) is 10.4. The molecule has 0 amide bonds. The fraction of sp³-hybridized carbons (Fsp3) is 0.591. The Bertz CT molecular complexity index is 777. The number of ether oxygens (including phenoxy) is 1. The van der Waals surface area contributed by atoms with Crippen LogP contribution in [0.4, 0.5) is 17.6 Å². The zero-order valence-corrected chi connectivity index (χ0v) is 18.5. The second kappa shape index (κ2) is 13.2. The zero-order chi connectivity index (χ0) is 23.4. The van der Waals surface area contributed by atoms with Crippen LogP contribution in [0, 0.1) is 0 Å². The van der Waals surface area contributed by atoms with Crippen LogP contribution in [0.25, 0.3) is 0 Å². The molecule has 0 fully saturated rings. The number of Topliss-reactive ketones (excluding diaryl/α,β-unsaturated/α-hetero) is 1. The van der Waals surface area contributed by atoms with E-state index in [9.17, 15) is 22.4 Å². The average molecular weight is 446 g/mol. The second-order valence-electron chi connectivity index (χ2n) is 7.00. The van der Waals surface area contributed by atoms with E-state index < -0.39 is 18.8 Å². The number of carbonyl (C=O) groups excluding carboxylic acids is 1. The van der Waals surface area contributed by atoms with E-state index in [1.165, 1.54) is 0 Å². The summed E-state index contributed by atoms with van der Waals surface area (Å²) < 4.78 is 52.7. The standard InChI is InChI=1S/C15H16FN3O.C4H10O.C3H5F3/c1-2-6-13(20)14-17-15-11(16)9-12(19(15)18-14)10-7-4-3-5-8-10;1-3-4-5-2;1-2-3(4,5)6/h3-5,7-8,11-12H,2,6,9H2,1H3;3-4H2,1-2H3;2H2,1H3. The monoisotopic (exact) mass is 445 g/mol. The molecule has 1 aliphatic rings. The molecule has 0 radical (unpaired) electrons. The van der Waals surface area contributed by atoms with Crippen molar-refractivity contribution in [2.75, 3.05) is 13.7 Å². The Labute approximate surface area is 180 Å². The summed E-state index contributed by atoms with van der Waals surface area (Å²) in [6, 6.07) is 9.48. The lowest BCUT2D eigenvalue weighted by Gasteiger charge is -2.11. The van der Waals surface area contributed by atoms with Crippen LogP contribution in [0.5, 0.6) is 0 Å². The van der Waals surface area contributed by atoms with E-state index >= 15 is 0 Å². The summed E-state index contributed by atoms with van der Waals surface area (Å²) in [7, 11) is 1.71. The minimum absolute atomic E-state index is 0.117. The smallest absolute Gasteiger partial charge is 0.385 e. The SMILES string of the molecule is CCC(F)(F)F.CCCC(=O)c1nc2n(n1)C(c1ccccc1)CC2F.CCCOC. The number of fused-ring (bicyclic) bond motifs is 1. The summed E-state index contributed by atoms with van der Waals surface area (Å²) in [5.41, 5.74) is 0.994. The van der Waals surface area contributed by atoms with Crippen molar-refractivity contribution < 1.29 is 27.1 Å². The van der Waals surface area contributed by atoms with Crippen LogP contribution in [-0.2, 0) is 4.74 Å². The van der Waals surface area contributed by atoms with Gasteiger partial charge in [-0.2, -0.15) is 13.2 Å². The van der Waals surface area contributed by atoms with Crippen molar-refractivity contribution in [2.24, 2.45) is 0 Å². The Morgan fingerprint density at radius 1 is 1.16 bits per heavy atom. The number of hydrogen-bond donors (Lipinski definition) is 0. The Morgan fingerprint density at radius 2 is 1.77 bits per heavy atom. The van der Waals surface area contributed by atoms with Gasteiger partial charge in [-0.3, -0.25) is 4.79 Å². The number of hydrogen-bond acceptors (Lipinski definition) is 4. The maximum atomic E-state index is 14.1. The van der Waals surface area contributed by atoms with Gasteiger partial charge in [-0.25, -0.2) is 14.1 Å². The number of aromatic nitrogens is 3. The third-order valence-corrected chi connectivity index (χ3v) is 4.38. The summed E-state index contributed by atoms with van der Waals surface area (Å²) in [6.07, 6.45) is -3.25. The van der Waals surface area contributed by atoms with Gasteiger partial charge < -0.3 is 4.74 Å². The molecule has 1 aromatic carbocycles. The van der Waals surface area contributed by atoms with Gasteiger partial charge >= 0.3 is 6.18 Å². The van der Waals surface area contributed by atoms with Gasteiger partial charge in [-0.05, 0) is 18.4 Å². The van der Waals surface area contributed by atoms with Crippen molar-refractivity contribution in [3.05, 3.63) is 47.5 Å². The highest BCUT2D eigenvalue weighted by Gasteiger charge is 2.36. The molecule has 9 heteroatoms. The number of ketones is 1. The molecule has 0 spiro atoms. The molecule has 0 aliphatic carbocycles. The number of nitrogens with zero attached hydrogens (tertiary/aromatic N) is 3. The van der Waals surface area contributed by atoms with Crippen LogP contribution in [0.1, 0.15) is 87.1 Å². The van der Waals surface area contributed by atoms with E-state index in [0.29, 0.717) is 12.8 Å². The third-order valence-electron chi connectivity index (χ3n) is 4.38. The number of rotatable bonds is 6. The highest BCUT2D eigenvalue weighted by molar-refractivity contribution is 5.92. The summed E-state index contributed by atoms with van der Waals surface area (Å²) in [5.74, 6) is 0.303. The quantitative estimate of drug-likeness (QED) is 0.389. The molecular weight excluding hydrogens is 414 g/mol. The fourth-order valence-electron chi connectivity index (χ4n) is 2.79. The van der Waals surface area contributed by atoms with Gasteiger partial charge in [0.05, 0.1) is 6.04 Å². The molecule has 0 saturated carbocycles. The van der Waals surface area contributed by atoms with Crippen molar-refractivity contribution in [1.29, 1.82) is 0 Å². The molecule has 31 heavy (non-hydrogen) atoms. The van der Waals surface area contributed by atoms with E-state index in [2.05, 4.69) is 17.0 Å². The summed E-state index contributed by atoms with van der Waals surface area (Å²) >= 11 is 0. The van der Waals surface area contributed by atoms with Crippen molar-refractivity contribution >= 4 is 5.78 Å². The number of benzene rings is 1. The summed E-state index contributed by atoms with van der Waals surface area (Å²) in [5, 5.41) is 4.23. The Morgan fingerprint density at radius 3 is 2.23 bits per heavy atom. The highest BCUT2D eigenvalue weighted by Crippen LogP contribution is 2.39. The lowest BCUT2D eigenvalue weighted by molar-refractivity contribution is -0.130. The molecule has 1 aromatic heterocycles. The first-order valence-corrected chi connectivity index (χ1v) is 10.4. The topological polar surface area (TPSA) is 57.0 Å². The van der Waals surface area contributed by atoms with E-state index in [1.54, 1.807) is 11.8 Å². The first-order chi connectivity index (χ1) is 14.7. The maximum Gasteiger partial charge on any atom is 0.388 e.